The van der Waals surface area contributed by atoms with Crippen molar-refractivity contribution in [1.29, 1.82) is 0 Å². The molecule has 4 N–H and O–H groups in total. The number of urea groups is 1. The van der Waals surface area contributed by atoms with E-state index in [1.807, 2.05) is 37.3 Å². The van der Waals surface area contributed by atoms with Crippen molar-refractivity contribution in [2.75, 3.05) is 18.5 Å². The first kappa shape index (κ1) is 28.1. The van der Waals surface area contributed by atoms with Gasteiger partial charge < -0.3 is 25.6 Å². The second-order valence-corrected chi connectivity index (χ2v) is 9.83. The van der Waals surface area contributed by atoms with E-state index >= 15 is 0 Å². The molecular weight excluding hydrogens is 522 g/mol. The first-order chi connectivity index (χ1) is 18.7. The van der Waals surface area contributed by atoms with Gasteiger partial charge in [0.05, 0.1) is 17.3 Å². The molecule has 4 atom stereocenters. The van der Waals surface area contributed by atoms with E-state index < -0.39 is 48.6 Å². The van der Waals surface area contributed by atoms with Crippen molar-refractivity contribution in [2.24, 2.45) is 0 Å². The summed E-state index contributed by atoms with van der Waals surface area (Å²) < 4.78 is 5.41. The van der Waals surface area contributed by atoms with Crippen LogP contribution in [-0.4, -0.2) is 58.3 Å². The molecular formula is C29H30ClN3O6. The van der Waals surface area contributed by atoms with Gasteiger partial charge in [-0.1, -0.05) is 67.1 Å². The van der Waals surface area contributed by atoms with Gasteiger partial charge in [-0.15, -0.1) is 0 Å². The highest BCUT2D eigenvalue weighted by Crippen LogP contribution is 2.32. The average Bonchev–Trinajstić information content (AvgIpc) is 3.23. The zero-order valence-electron chi connectivity index (χ0n) is 21.5. The molecule has 204 valence electrons. The van der Waals surface area contributed by atoms with Gasteiger partial charge in [0.1, 0.15) is 30.5 Å². The third-order valence-corrected chi connectivity index (χ3v) is 6.88. The quantitative estimate of drug-likeness (QED) is 0.284. The molecule has 1 aliphatic heterocycles. The Labute approximate surface area is 231 Å². The summed E-state index contributed by atoms with van der Waals surface area (Å²) in [6.07, 6.45) is -1.02. The lowest BCUT2D eigenvalue weighted by Gasteiger charge is -2.30. The number of ether oxygens (including phenoxy) is 1. The number of nitrogens with one attached hydrogen (secondary N) is 2. The Hall–Kier alpha value is -3.92. The first-order valence-corrected chi connectivity index (χ1v) is 12.8. The molecule has 1 saturated heterocycles. The molecule has 3 aromatic rings. The molecule has 0 aromatic heterocycles. The van der Waals surface area contributed by atoms with E-state index in [1.165, 1.54) is 0 Å². The minimum Gasteiger partial charge on any atom is -0.491 e. The zero-order valence-corrected chi connectivity index (χ0v) is 22.3. The van der Waals surface area contributed by atoms with Crippen LogP contribution < -0.4 is 15.4 Å². The Kier molecular flexibility index (Phi) is 8.86. The Morgan fingerprint density at radius 1 is 1.10 bits per heavy atom. The first-order valence-electron chi connectivity index (χ1n) is 12.5. The molecule has 10 heteroatoms. The Bertz CT molecular complexity index is 1330. The number of nitrogens with zero attached hydrogens (tertiary/aromatic N) is 1. The number of aliphatic hydroxyl groups is 2. The average molecular weight is 552 g/mol. The van der Waals surface area contributed by atoms with Crippen LogP contribution in [0.15, 0.2) is 72.8 Å². The second-order valence-electron chi connectivity index (χ2n) is 9.42. The smallest absolute Gasteiger partial charge is 0.325 e. The number of halogens is 1. The molecule has 1 aliphatic rings. The maximum atomic E-state index is 13.7. The van der Waals surface area contributed by atoms with Gasteiger partial charge in [0, 0.05) is 5.92 Å². The highest BCUT2D eigenvalue weighted by Gasteiger charge is 2.47. The van der Waals surface area contributed by atoms with Crippen molar-refractivity contribution in [3.63, 3.8) is 0 Å². The number of benzene rings is 3. The number of amides is 4. The normalized spacial score (nSPS) is 17.4. The van der Waals surface area contributed by atoms with Crippen LogP contribution in [0.1, 0.15) is 35.6 Å². The molecule has 39 heavy (non-hydrogen) atoms. The lowest BCUT2D eigenvalue weighted by molar-refractivity contribution is -0.134. The number of carbonyl (C=O) groups excluding carboxylic acids is 3. The van der Waals surface area contributed by atoms with Gasteiger partial charge in [-0.3, -0.25) is 9.59 Å². The van der Waals surface area contributed by atoms with E-state index in [0.717, 1.165) is 16.0 Å². The van der Waals surface area contributed by atoms with E-state index in [9.17, 15) is 19.5 Å². The highest BCUT2D eigenvalue weighted by molar-refractivity contribution is 6.33. The van der Waals surface area contributed by atoms with Crippen LogP contribution in [0.25, 0.3) is 0 Å². The molecule has 0 bridgehead atoms. The predicted octanol–water partition coefficient (Wildman–Crippen LogP) is 3.78. The van der Waals surface area contributed by atoms with Crippen LogP contribution in [0.2, 0.25) is 5.02 Å². The third-order valence-electron chi connectivity index (χ3n) is 6.57. The largest absolute Gasteiger partial charge is 0.491 e. The molecule has 9 nitrogen and oxygen atoms in total. The Morgan fingerprint density at radius 3 is 2.44 bits per heavy atom. The molecule has 3 aromatic carbocycles. The standard InChI is InChI=1S/C29H30ClN3O6/c1-17-8-13-24(23(30)14-17)31-27(36)26(18(2)19-6-4-3-5-7-19)33-28(37)25(32-29(33)38)20-9-11-22(12-10-20)39-16-21(35)15-34/h3-14,18,21,25-26,34-35H,15-16H2,1-2H3,(H,31,36)(H,32,38)/t18?,21?,25-,26?/m1/s1. The van der Waals surface area contributed by atoms with Crippen LogP contribution in [0.3, 0.4) is 0 Å². The van der Waals surface area contributed by atoms with Gasteiger partial charge >= 0.3 is 6.03 Å². The number of carbonyl (C=O) groups is 3. The molecule has 1 heterocycles. The van der Waals surface area contributed by atoms with Crippen molar-refractivity contribution in [1.82, 2.24) is 10.2 Å². The number of rotatable bonds is 10. The summed E-state index contributed by atoms with van der Waals surface area (Å²) in [5.41, 5.74) is 2.58. The van der Waals surface area contributed by atoms with Crippen molar-refractivity contribution >= 4 is 35.1 Å². The van der Waals surface area contributed by atoms with Crippen LogP contribution in [0.5, 0.6) is 5.75 Å². The van der Waals surface area contributed by atoms with Crippen molar-refractivity contribution in [3.05, 3.63) is 94.5 Å². The molecule has 0 aliphatic carbocycles. The minimum absolute atomic E-state index is 0.0954. The Balaban J connectivity index is 1.60. The molecule has 4 rings (SSSR count). The summed E-state index contributed by atoms with van der Waals surface area (Å²) in [6, 6.07) is 18.0. The molecule has 0 saturated carbocycles. The van der Waals surface area contributed by atoms with Crippen molar-refractivity contribution < 1.29 is 29.3 Å². The van der Waals surface area contributed by atoms with Crippen LogP contribution in [0, 0.1) is 6.92 Å². The summed E-state index contributed by atoms with van der Waals surface area (Å²) in [4.78, 5) is 41.5. The number of aliphatic hydroxyl groups excluding tert-OH is 2. The number of imide groups is 1. The van der Waals surface area contributed by atoms with Crippen molar-refractivity contribution in [3.8, 4) is 5.75 Å². The molecule has 0 spiro atoms. The van der Waals surface area contributed by atoms with E-state index in [2.05, 4.69) is 10.6 Å². The maximum Gasteiger partial charge on any atom is 0.325 e. The summed E-state index contributed by atoms with van der Waals surface area (Å²) in [5.74, 6) is -1.22. The van der Waals surface area contributed by atoms with Crippen LogP contribution >= 0.6 is 11.6 Å². The SMILES string of the molecule is Cc1ccc(NC(=O)C(C(C)c2ccccc2)N2C(=O)N[C@H](c3ccc(OCC(O)CO)cc3)C2=O)c(Cl)c1. The number of hydrogen-bond donors (Lipinski definition) is 4. The summed E-state index contributed by atoms with van der Waals surface area (Å²) in [7, 11) is 0. The topological polar surface area (TPSA) is 128 Å². The highest BCUT2D eigenvalue weighted by atomic mass is 35.5. The number of aryl methyl sites for hydroxylation is 1. The summed E-state index contributed by atoms with van der Waals surface area (Å²) >= 11 is 6.34. The van der Waals surface area contributed by atoms with Gasteiger partial charge in [-0.2, -0.15) is 0 Å². The van der Waals surface area contributed by atoms with Crippen LogP contribution in [-0.2, 0) is 9.59 Å². The predicted molar refractivity (Wildman–Crippen MR) is 147 cm³/mol. The van der Waals surface area contributed by atoms with E-state index in [-0.39, 0.29) is 6.61 Å². The van der Waals surface area contributed by atoms with Gasteiger partial charge in [-0.25, -0.2) is 9.69 Å². The number of hydrogen-bond acceptors (Lipinski definition) is 6. The maximum absolute atomic E-state index is 13.7. The van der Waals surface area contributed by atoms with Gasteiger partial charge in [0.2, 0.25) is 5.91 Å². The fourth-order valence-electron chi connectivity index (χ4n) is 4.42. The van der Waals surface area contributed by atoms with Crippen molar-refractivity contribution in [2.45, 2.75) is 38.0 Å². The molecule has 0 radical (unpaired) electrons. The van der Waals surface area contributed by atoms with E-state index in [0.29, 0.717) is 22.0 Å². The zero-order chi connectivity index (χ0) is 28.1. The second kappa shape index (κ2) is 12.3. The lowest BCUT2D eigenvalue weighted by atomic mass is 9.91. The van der Waals surface area contributed by atoms with E-state index in [1.54, 1.807) is 49.4 Å². The number of anilines is 1. The summed E-state index contributed by atoms with van der Waals surface area (Å²) in [6.45, 7) is 3.14. The summed E-state index contributed by atoms with van der Waals surface area (Å²) in [5, 5.41) is 24.2. The van der Waals surface area contributed by atoms with Gasteiger partial charge in [-0.05, 0) is 47.9 Å². The van der Waals surface area contributed by atoms with Gasteiger partial charge in [0.15, 0.2) is 0 Å². The molecule has 3 unspecified atom stereocenters. The third kappa shape index (κ3) is 6.39. The van der Waals surface area contributed by atoms with Crippen LogP contribution in [0.4, 0.5) is 10.5 Å². The lowest BCUT2D eigenvalue weighted by Crippen LogP contribution is -2.50. The molecule has 1 fully saturated rings. The van der Waals surface area contributed by atoms with E-state index in [4.69, 9.17) is 21.4 Å². The monoisotopic (exact) mass is 551 g/mol. The Morgan fingerprint density at radius 2 is 1.79 bits per heavy atom. The fourth-order valence-corrected chi connectivity index (χ4v) is 4.70. The van der Waals surface area contributed by atoms with Gasteiger partial charge in [0.25, 0.3) is 5.91 Å². The minimum atomic E-state index is -1.16. The molecule has 4 amide bonds. The fraction of sp³-hybridized carbons (Fsp3) is 0.276.